The van der Waals surface area contributed by atoms with E-state index in [1.54, 1.807) is 30.7 Å². The minimum Gasteiger partial charge on any atom is -0.339 e. The Bertz CT molecular complexity index is 1040. The lowest BCUT2D eigenvalue weighted by Gasteiger charge is -2.22. The van der Waals surface area contributed by atoms with Crippen LogP contribution in [0.4, 0.5) is 0 Å². The first-order chi connectivity index (χ1) is 12.6. The normalized spacial score (nSPS) is 17.7. The molecular formula is C17H24N4O4S2. The van der Waals surface area contributed by atoms with Gasteiger partial charge in [0.1, 0.15) is 0 Å². The summed E-state index contributed by atoms with van der Waals surface area (Å²) in [6.45, 7) is 4.44. The van der Waals surface area contributed by atoms with Gasteiger partial charge in [-0.3, -0.25) is 0 Å². The fourth-order valence-corrected chi connectivity index (χ4v) is 6.34. The van der Waals surface area contributed by atoms with Crippen LogP contribution < -0.4 is 0 Å². The lowest BCUT2D eigenvalue weighted by Crippen LogP contribution is -2.37. The maximum Gasteiger partial charge on any atom is 0.262 e. The second kappa shape index (κ2) is 7.34. The monoisotopic (exact) mass is 412 g/mol. The Kier molecular flexibility index (Phi) is 5.44. The number of sulfonamides is 2. The summed E-state index contributed by atoms with van der Waals surface area (Å²) in [7, 11) is -5.70. The van der Waals surface area contributed by atoms with E-state index in [2.05, 4.69) is 4.98 Å². The molecule has 10 heteroatoms. The summed E-state index contributed by atoms with van der Waals surface area (Å²) in [6.07, 6.45) is 3.31. The Morgan fingerprint density at radius 2 is 1.56 bits per heavy atom. The first kappa shape index (κ1) is 20.0. The van der Waals surface area contributed by atoms with E-state index in [-0.39, 0.29) is 36.1 Å². The van der Waals surface area contributed by atoms with Crippen LogP contribution in [0.1, 0.15) is 17.5 Å². The van der Waals surface area contributed by atoms with Gasteiger partial charge < -0.3 is 4.57 Å². The molecule has 0 aliphatic carbocycles. The van der Waals surface area contributed by atoms with Crippen LogP contribution in [0.5, 0.6) is 0 Å². The molecule has 1 aromatic carbocycles. The molecule has 1 aliphatic heterocycles. The summed E-state index contributed by atoms with van der Waals surface area (Å²) in [6, 6.07) is 5.23. The standard InChI is InChI=1S/C17H24N4O4S2/c1-14-5-6-16(15(2)11-14)26(22,23)20-7-4-8-21(10-9-20)27(24,25)17-12-19(3)13-18-17/h5-6,11-13H,4,7-10H2,1-3H3. The molecule has 0 amide bonds. The van der Waals surface area contributed by atoms with Crippen molar-refractivity contribution < 1.29 is 16.8 Å². The summed E-state index contributed by atoms with van der Waals surface area (Å²) in [5.74, 6) is 0. The van der Waals surface area contributed by atoms with Gasteiger partial charge in [-0.25, -0.2) is 21.8 Å². The minimum atomic E-state index is -3.73. The predicted octanol–water partition coefficient (Wildman–Crippen LogP) is 1.12. The van der Waals surface area contributed by atoms with E-state index in [4.69, 9.17) is 0 Å². The van der Waals surface area contributed by atoms with Gasteiger partial charge in [-0.2, -0.15) is 8.61 Å². The SMILES string of the molecule is Cc1ccc(S(=O)(=O)N2CCCN(S(=O)(=O)c3cn(C)cn3)CC2)c(C)c1. The van der Waals surface area contributed by atoms with E-state index < -0.39 is 20.0 Å². The van der Waals surface area contributed by atoms with E-state index in [9.17, 15) is 16.8 Å². The van der Waals surface area contributed by atoms with E-state index in [0.717, 1.165) is 5.56 Å². The molecule has 0 saturated carbocycles. The molecule has 0 bridgehead atoms. The number of rotatable bonds is 4. The molecular weight excluding hydrogens is 388 g/mol. The summed E-state index contributed by atoms with van der Waals surface area (Å²) >= 11 is 0. The lowest BCUT2D eigenvalue weighted by molar-refractivity contribution is 0.403. The summed E-state index contributed by atoms with van der Waals surface area (Å²) in [4.78, 5) is 4.20. The van der Waals surface area contributed by atoms with Gasteiger partial charge in [0.05, 0.1) is 11.2 Å². The van der Waals surface area contributed by atoms with Crippen LogP contribution >= 0.6 is 0 Å². The number of hydrogen-bond acceptors (Lipinski definition) is 5. The highest BCUT2D eigenvalue weighted by molar-refractivity contribution is 7.89. The van der Waals surface area contributed by atoms with E-state index in [1.807, 2.05) is 13.0 Å². The molecule has 1 fully saturated rings. The molecule has 2 heterocycles. The molecule has 1 saturated heterocycles. The fraction of sp³-hybridized carbons (Fsp3) is 0.471. The second-order valence-corrected chi connectivity index (χ2v) is 10.6. The van der Waals surface area contributed by atoms with Crippen molar-refractivity contribution in [1.29, 1.82) is 0 Å². The highest BCUT2D eigenvalue weighted by Crippen LogP contribution is 2.23. The zero-order chi connectivity index (χ0) is 19.8. The average molecular weight is 413 g/mol. The fourth-order valence-electron chi connectivity index (χ4n) is 3.23. The smallest absolute Gasteiger partial charge is 0.262 e. The van der Waals surface area contributed by atoms with Crippen molar-refractivity contribution in [3.8, 4) is 0 Å². The van der Waals surface area contributed by atoms with Gasteiger partial charge in [0.15, 0.2) is 5.03 Å². The minimum absolute atomic E-state index is 0.0179. The third-order valence-electron chi connectivity index (χ3n) is 4.65. The van der Waals surface area contributed by atoms with Crippen LogP contribution in [-0.2, 0) is 27.1 Å². The zero-order valence-corrected chi connectivity index (χ0v) is 17.3. The molecule has 3 rings (SSSR count). The topological polar surface area (TPSA) is 92.6 Å². The van der Waals surface area contributed by atoms with Gasteiger partial charge in [0, 0.05) is 39.4 Å². The zero-order valence-electron chi connectivity index (χ0n) is 15.7. The molecule has 0 radical (unpaired) electrons. The van der Waals surface area contributed by atoms with E-state index in [0.29, 0.717) is 12.0 Å². The summed E-state index contributed by atoms with van der Waals surface area (Å²) < 4.78 is 55.9. The molecule has 1 aromatic heterocycles. The second-order valence-electron chi connectivity index (χ2n) is 6.81. The Labute approximate surface area is 160 Å². The molecule has 0 spiro atoms. The van der Waals surface area contributed by atoms with Crippen molar-refractivity contribution in [2.24, 2.45) is 7.05 Å². The number of aryl methyl sites for hydroxylation is 3. The van der Waals surface area contributed by atoms with Gasteiger partial charge in [-0.05, 0) is 31.9 Å². The highest BCUT2D eigenvalue weighted by Gasteiger charge is 2.33. The van der Waals surface area contributed by atoms with E-state index >= 15 is 0 Å². The largest absolute Gasteiger partial charge is 0.339 e. The Balaban J connectivity index is 1.82. The molecule has 0 unspecified atom stereocenters. The number of benzene rings is 1. The molecule has 0 atom stereocenters. The third-order valence-corrected chi connectivity index (χ3v) is 8.49. The molecule has 8 nitrogen and oxygen atoms in total. The van der Waals surface area contributed by atoms with Crippen LogP contribution in [0.2, 0.25) is 0 Å². The van der Waals surface area contributed by atoms with Crippen LogP contribution in [-0.4, -0.2) is 61.2 Å². The Hall–Kier alpha value is -1.75. The van der Waals surface area contributed by atoms with Crippen molar-refractivity contribution in [2.75, 3.05) is 26.2 Å². The number of nitrogens with zero attached hydrogens (tertiary/aromatic N) is 4. The molecule has 1 aliphatic rings. The van der Waals surface area contributed by atoms with Crippen molar-refractivity contribution in [1.82, 2.24) is 18.2 Å². The van der Waals surface area contributed by atoms with Crippen LogP contribution in [0.15, 0.2) is 40.6 Å². The van der Waals surface area contributed by atoms with Gasteiger partial charge in [0.25, 0.3) is 10.0 Å². The first-order valence-corrected chi connectivity index (χ1v) is 11.6. The Morgan fingerprint density at radius 3 is 2.11 bits per heavy atom. The highest BCUT2D eigenvalue weighted by atomic mass is 32.2. The molecule has 0 N–H and O–H groups in total. The van der Waals surface area contributed by atoms with E-state index in [1.165, 1.54) is 21.1 Å². The maximum absolute atomic E-state index is 13.0. The van der Waals surface area contributed by atoms with Crippen molar-refractivity contribution in [3.63, 3.8) is 0 Å². The summed E-state index contributed by atoms with van der Waals surface area (Å²) in [5.41, 5.74) is 1.69. The maximum atomic E-state index is 13.0. The molecule has 27 heavy (non-hydrogen) atoms. The molecule has 2 aromatic rings. The van der Waals surface area contributed by atoms with Crippen molar-refractivity contribution in [3.05, 3.63) is 41.9 Å². The van der Waals surface area contributed by atoms with Crippen molar-refractivity contribution >= 4 is 20.0 Å². The van der Waals surface area contributed by atoms with Gasteiger partial charge in [-0.15, -0.1) is 0 Å². The number of imidazole rings is 1. The third kappa shape index (κ3) is 3.93. The van der Waals surface area contributed by atoms with Gasteiger partial charge in [-0.1, -0.05) is 17.7 Å². The predicted molar refractivity (Wildman–Crippen MR) is 101 cm³/mol. The number of aromatic nitrogens is 2. The summed E-state index contributed by atoms with van der Waals surface area (Å²) in [5, 5.41) is -0.0179. The van der Waals surface area contributed by atoms with Gasteiger partial charge in [0.2, 0.25) is 10.0 Å². The van der Waals surface area contributed by atoms with Crippen LogP contribution in [0, 0.1) is 13.8 Å². The number of hydrogen-bond donors (Lipinski definition) is 0. The first-order valence-electron chi connectivity index (χ1n) is 8.68. The quantitative estimate of drug-likeness (QED) is 0.750. The molecule has 148 valence electrons. The Morgan fingerprint density at radius 1 is 0.926 bits per heavy atom. The van der Waals surface area contributed by atoms with Gasteiger partial charge >= 0.3 is 0 Å². The van der Waals surface area contributed by atoms with Crippen LogP contribution in [0.3, 0.4) is 0 Å². The van der Waals surface area contributed by atoms with Crippen molar-refractivity contribution in [2.45, 2.75) is 30.2 Å². The lowest BCUT2D eigenvalue weighted by atomic mass is 10.2. The average Bonchev–Trinajstić information content (AvgIpc) is 2.87. The van der Waals surface area contributed by atoms with Crippen LogP contribution in [0.25, 0.3) is 0 Å².